The third-order valence-electron chi connectivity index (χ3n) is 14.3. The number of rotatable bonds is 12. The average molecular weight is 926 g/mol. The van der Waals surface area contributed by atoms with Gasteiger partial charge in [0.2, 0.25) is 17.7 Å². The fraction of sp³-hybridized carbons (Fsp3) is 0.480. The fourth-order valence-electron chi connectivity index (χ4n) is 10.4. The van der Waals surface area contributed by atoms with Crippen molar-refractivity contribution in [1.29, 1.82) is 0 Å². The first-order valence-electron chi connectivity index (χ1n) is 23.8. The lowest BCUT2D eigenvalue weighted by Gasteiger charge is -2.39. The Balaban J connectivity index is 0.624. The SMILES string of the molecule is C[C@H]1CC2(CCN(C3=NCC(Sc4cccc(NCc5ccc(CN6CCN(c7ccc(C(=O)NCC8=CCC9C(=O)N(C%10CCC(=O)NC%10=O)CC9=C8)nn7)CC6)cc5)c4)N=C3)CC2)CO1. The van der Waals surface area contributed by atoms with E-state index < -0.39 is 11.9 Å². The monoisotopic (exact) mass is 925 g/mol. The number of carbonyl (C=O) groups excluding carboxylic acids is 4. The maximum atomic E-state index is 13.1. The Morgan fingerprint density at radius 2 is 1.76 bits per heavy atom. The zero-order chi connectivity index (χ0) is 45.9. The molecule has 7 heterocycles. The van der Waals surface area contributed by atoms with Crippen LogP contribution in [-0.4, -0.2) is 144 Å². The molecule has 350 valence electrons. The Bertz CT molecular complexity index is 2480. The number of anilines is 2. The van der Waals surface area contributed by atoms with Crippen molar-refractivity contribution in [2.75, 3.05) is 75.7 Å². The van der Waals surface area contributed by atoms with Crippen LogP contribution in [0.15, 0.2) is 98.8 Å². The van der Waals surface area contributed by atoms with E-state index in [0.29, 0.717) is 37.5 Å². The molecule has 1 aliphatic carbocycles. The summed E-state index contributed by atoms with van der Waals surface area (Å²) in [7, 11) is 0. The summed E-state index contributed by atoms with van der Waals surface area (Å²) >= 11 is 1.76. The number of nitrogens with zero attached hydrogens (tertiary/aromatic N) is 8. The minimum atomic E-state index is -0.631. The molecule has 0 saturated carbocycles. The molecule has 6 aliphatic heterocycles. The van der Waals surface area contributed by atoms with Gasteiger partial charge in [0.1, 0.15) is 17.3 Å². The highest BCUT2D eigenvalue weighted by Crippen LogP contribution is 2.42. The van der Waals surface area contributed by atoms with Crippen LogP contribution >= 0.6 is 11.8 Å². The van der Waals surface area contributed by atoms with Crippen molar-refractivity contribution in [3.63, 3.8) is 0 Å². The first-order valence-corrected chi connectivity index (χ1v) is 24.7. The van der Waals surface area contributed by atoms with Crippen LogP contribution in [-0.2, 0) is 32.2 Å². The third-order valence-corrected chi connectivity index (χ3v) is 15.4. The van der Waals surface area contributed by atoms with E-state index in [1.54, 1.807) is 22.7 Å². The first-order chi connectivity index (χ1) is 32.6. The van der Waals surface area contributed by atoms with Gasteiger partial charge in [-0.15, -0.1) is 10.2 Å². The van der Waals surface area contributed by atoms with Gasteiger partial charge in [-0.1, -0.05) is 54.2 Å². The molecule has 4 amide bonds. The highest BCUT2D eigenvalue weighted by Gasteiger charge is 2.44. The number of amides is 4. The van der Waals surface area contributed by atoms with Gasteiger partial charge in [-0.25, -0.2) is 0 Å². The molecule has 0 radical (unpaired) electrons. The van der Waals surface area contributed by atoms with E-state index in [4.69, 9.17) is 14.7 Å². The second-order valence-corrected chi connectivity index (χ2v) is 20.3. The quantitative estimate of drug-likeness (QED) is 0.218. The van der Waals surface area contributed by atoms with Crippen LogP contribution in [0.5, 0.6) is 0 Å². The number of fused-ring (bicyclic) bond motifs is 1. The molecule has 7 aliphatic rings. The summed E-state index contributed by atoms with van der Waals surface area (Å²) in [6, 6.07) is 20.3. The van der Waals surface area contributed by atoms with E-state index in [9.17, 15) is 19.2 Å². The lowest BCUT2D eigenvalue weighted by atomic mass is 9.77. The largest absolute Gasteiger partial charge is 0.381 e. The van der Waals surface area contributed by atoms with Gasteiger partial charge in [0.05, 0.1) is 31.4 Å². The van der Waals surface area contributed by atoms with E-state index in [1.807, 2.05) is 24.4 Å². The van der Waals surface area contributed by atoms with E-state index in [1.165, 1.54) is 35.3 Å². The molecule has 67 heavy (non-hydrogen) atoms. The molecule has 3 unspecified atom stereocenters. The molecule has 5 saturated heterocycles. The summed E-state index contributed by atoms with van der Waals surface area (Å²) < 4.78 is 5.91. The highest BCUT2D eigenvalue weighted by atomic mass is 32.2. The predicted molar refractivity (Wildman–Crippen MR) is 258 cm³/mol. The molecular weight excluding hydrogens is 867 g/mol. The molecule has 17 heteroatoms. The molecule has 4 atom stereocenters. The number of aromatic nitrogens is 2. The molecule has 0 bridgehead atoms. The van der Waals surface area contributed by atoms with E-state index >= 15 is 0 Å². The van der Waals surface area contributed by atoms with Gasteiger partial charge in [0.15, 0.2) is 11.5 Å². The minimum absolute atomic E-state index is 0.0779. The van der Waals surface area contributed by atoms with Gasteiger partial charge in [0.25, 0.3) is 5.91 Å². The Kier molecular flexibility index (Phi) is 13.2. The van der Waals surface area contributed by atoms with E-state index in [-0.39, 0.29) is 47.7 Å². The number of ether oxygens (including phenoxy) is 1. The Hall–Kier alpha value is -5.91. The van der Waals surface area contributed by atoms with Gasteiger partial charge in [-0.05, 0) is 97.0 Å². The lowest BCUT2D eigenvalue weighted by molar-refractivity contribution is -0.144. The van der Waals surface area contributed by atoms with Crippen molar-refractivity contribution in [3.05, 3.63) is 101 Å². The number of aliphatic imine (C=N–C) groups is 2. The third kappa shape index (κ3) is 10.5. The Morgan fingerprint density at radius 1 is 0.940 bits per heavy atom. The highest BCUT2D eigenvalue weighted by molar-refractivity contribution is 8.00. The zero-order valence-electron chi connectivity index (χ0n) is 38.1. The number of hydrogen-bond acceptors (Lipinski definition) is 14. The number of nitrogens with one attached hydrogen (secondary N) is 3. The van der Waals surface area contributed by atoms with Crippen LogP contribution < -0.4 is 20.9 Å². The van der Waals surface area contributed by atoms with Crippen LogP contribution in [0.3, 0.4) is 0 Å². The van der Waals surface area contributed by atoms with E-state index in [0.717, 1.165) is 87.5 Å². The summed E-state index contributed by atoms with van der Waals surface area (Å²) in [5.74, 6) is 0.328. The van der Waals surface area contributed by atoms with Gasteiger partial charge in [-0.3, -0.25) is 39.4 Å². The summed E-state index contributed by atoms with van der Waals surface area (Å²) in [6.07, 6.45) is 10.8. The predicted octanol–water partition coefficient (Wildman–Crippen LogP) is 4.45. The summed E-state index contributed by atoms with van der Waals surface area (Å²) in [6.45, 7) is 11.5. The maximum absolute atomic E-state index is 13.1. The first kappa shape index (κ1) is 44.9. The van der Waals surface area contributed by atoms with Crippen LogP contribution in [0.1, 0.15) is 67.1 Å². The molecule has 5 fully saturated rings. The van der Waals surface area contributed by atoms with Crippen molar-refractivity contribution < 1.29 is 23.9 Å². The molecule has 16 nitrogen and oxygen atoms in total. The molecule has 1 spiro atoms. The summed E-state index contributed by atoms with van der Waals surface area (Å²) in [5.41, 5.74) is 6.00. The number of piperidine rings is 2. The van der Waals surface area contributed by atoms with Crippen LogP contribution in [0.25, 0.3) is 0 Å². The summed E-state index contributed by atoms with van der Waals surface area (Å²) in [5, 5.41) is 17.6. The number of amidine groups is 1. The number of thioether (sulfide) groups is 1. The number of piperazine rings is 1. The zero-order valence-corrected chi connectivity index (χ0v) is 38.9. The summed E-state index contributed by atoms with van der Waals surface area (Å²) in [4.78, 5) is 69.8. The molecule has 1 aromatic heterocycles. The number of carbonyl (C=O) groups is 4. The Morgan fingerprint density at radius 3 is 2.49 bits per heavy atom. The van der Waals surface area contributed by atoms with Crippen LogP contribution in [0, 0.1) is 11.3 Å². The molecule has 3 aromatic rings. The van der Waals surface area contributed by atoms with Crippen molar-refractivity contribution in [3.8, 4) is 0 Å². The fourth-order valence-corrected chi connectivity index (χ4v) is 11.4. The van der Waals surface area contributed by atoms with Crippen molar-refractivity contribution in [2.45, 2.75) is 81.0 Å². The number of allylic oxidation sites excluding steroid dienone is 1. The smallest absolute Gasteiger partial charge is 0.272 e. The van der Waals surface area contributed by atoms with Crippen LogP contribution in [0.4, 0.5) is 11.5 Å². The van der Waals surface area contributed by atoms with Crippen molar-refractivity contribution in [2.24, 2.45) is 21.3 Å². The topological polar surface area (TPSA) is 177 Å². The van der Waals surface area contributed by atoms with Crippen LogP contribution in [0.2, 0.25) is 0 Å². The van der Waals surface area contributed by atoms with Gasteiger partial charge >= 0.3 is 0 Å². The number of likely N-dealkylation sites (tertiary alicyclic amines) is 2. The van der Waals surface area contributed by atoms with Crippen molar-refractivity contribution >= 4 is 58.9 Å². The normalized spacial score (nSPS) is 25.1. The van der Waals surface area contributed by atoms with Gasteiger partial charge in [0, 0.05) is 82.5 Å². The number of benzene rings is 2. The molecular formula is C50H59N11O5S. The average Bonchev–Trinajstić information content (AvgIpc) is 3.88. The lowest BCUT2D eigenvalue weighted by Crippen LogP contribution is -2.53. The minimum Gasteiger partial charge on any atom is -0.381 e. The second-order valence-electron chi connectivity index (χ2n) is 19.0. The van der Waals surface area contributed by atoms with Gasteiger partial charge < -0.3 is 30.1 Å². The standard InChI is InChI=1S/C50H59N11O5S/c1-33-25-50(32-66-33)15-17-59(18-16-50)44-28-53-46(29-52-44)67-39-4-2-3-38(24-39)51-26-34-5-7-35(8-6-34)30-58-19-21-60(22-20-58)43-13-11-41(56-57-43)47(63)54-27-36-9-10-40-37(23-36)31-61(49(40)65)42-12-14-45(62)55-48(42)64/h2-9,11,13,23-24,28,33,40,42,46,51H,10,12,14-22,25-27,29-32H2,1H3,(H,54,63)(H,55,62,64)/t33-,40?,42?,46?/m0/s1. The molecule has 10 rings (SSSR count). The van der Waals surface area contributed by atoms with E-state index in [2.05, 4.69) is 96.3 Å². The maximum Gasteiger partial charge on any atom is 0.272 e. The van der Waals surface area contributed by atoms with Crippen molar-refractivity contribution in [1.82, 2.24) is 35.5 Å². The second kappa shape index (κ2) is 19.7. The Labute approximate surface area is 395 Å². The molecule has 2 aromatic carbocycles. The number of hydrogen-bond donors (Lipinski definition) is 3. The molecule has 3 N–H and O–H groups in total. The van der Waals surface area contributed by atoms with Gasteiger partial charge in [-0.2, -0.15) is 0 Å². The number of imide groups is 1.